The molecule has 0 saturated carbocycles. The Bertz CT molecular complexity index is 792. The lowest BCUT2D eigenvalue weighted by molar-refractivity contribution is -0.131. The Balaban J connectivity index is 1.79. The highest BCUT2D eigenvalue weighted by atomic mass is 32.1. The maximum Gasteiger partial charge on any atom is 0.346 e. The van der Waals surface area contributed by atoms with Gasteiger partial charge in [0.2, 0.25) is 5.91 Å². The first-order valence-electron chi connectivity index (χ1n) is 6.87. The van der Waals surface area contributed by atoms with Crippen molar-refractivity contribution in [2.45, 2.75) is 19.0 Å². The maximum atomic E-state index is 12.2. The molecule has 21 heavy (non-hydrogen) atoms. The lowest BCUT2D eigenvalue weighted by atomic mass is 10.1. The summed E-state index contributed by atoms with van der Waals surface area (Å²) >= 11 is 1.28. The van der Waals surface area contributed by atoms with Crippen LogP contribution in [-0.2, 0) is 11.3 Å². The number of nitrogens with zero attached hydrogens (tertiary/aromatic N) is 1. The van der Waals surface area contributed by atoms with Crippen molar-refractivity contribution >= 4 is 33.3 Å². The van der Waals surface area contributed by atoms with E-state index in [1.54, 1.807) is 0 Å². The molecule has 2 unspecified atom stereocenters. The molecule has 1 aromatic heterocycles. The molecule has 1 N–H and O–H groups in total. The summed E-state index contributed by atoms with van der Waals surface area (Å²) in [7, 11) is 0. The van der Waals surface area contributed by atoms with Crippen LogP contribution in [0.5, 0.6) is 0 Å². The molecule has 4 rings (SSSR count). The smallest absolute Gasteiger partial charge is 0.346 e. The van der Waals surface area contributed by atoms with E-state index in [0.717, 1.165) is 22.1 Å². The van der Waals surface area contributed by atoms with Gasteiger partial charge in [-0.25, -0.2) is 4.79 Å². The minimum absolute atomic E-state index is 0.00632. The predicted octanol–water partition coefficient (Wildman–Crippen LogP) is 2.89. The van der Waals surface area contributed by atoms with Gasteiger partial charge in [-0.3, -0.25) is 4.79 Å². The lowest BCUT2D eigenvalue weighted by Crippen LogP contribution is -2.34. The fourth-order valence-corrected chi connectivity index (χ4v) is 4.32. The van der Waals surface area contributed by atoms with Crippen LogP contribution in [0.3, 0.4) is 0 Å². The van der Waals surface area contributed by atoms with Crippen LogP contribution in [0, 0.1) is 5.92 Å². The minimum Gasteiger partial charge on any atom is -0.477 e. The van der Waals surface area contributed by atoms with Gasteiger partial charge in [0.25, 0.3) is 0 Å². The third kappa shape index (κ3) is 1.81. The Morgan fingerprint density at radius 1 is 1.33 bits per heavy atom. The van der Waals surface area contributed by atoms with E-state index in [0.29, 0.717) is 11.4 Å². The molecule has 4 nitrogen and oxygen atoms in total. The average molecular weight is 299 g/mol. The third-order valence-corrected chi connectivity index (χ3v) is 5.48. The molecular weight excluding hydrogens is 286 g/mol. The van der Waals surface area contributed by atoms with Crippen molar-refractivity contribution in [3.8, 4) is 0 Å². The SMILES string of the molecule is O=C(O)c1sc2ccccc2c1CN1C(=O)C2C=CC1C2. The fraction of sp³-hybridized carbons (Fsp3) is 0.250. The summed E-state index contributed by atoms with van der Waals surface area (Å²) in [5.74, 6) is -0.805. The average Bonchev–Trinajstić information content (AvgIpc) is 3.15. The van der Waals surface area contributed by atoms with Crippen LogP contribution in [0.25, 0.3) is 10.1 Å². The van der Waals surface area contributed by atoms with Crippen LogP contribution in [0.4, 0.5) is 0 Å². The van der Waals surface area contributed by atoms with E-state index >= 15 is 0 Å². The van der Waals surface area contributed by atoms with Gasteiger partial charge in [-0.1, -0.05) is 30.4 Å². The van der Waals surface area contributed by atoms with Gasteiger partial charge < -0.3 is 10.0 Å². The Kier molecular flexibility index (Phi) is 2.65. The first kappa shape index (κ1) is 12.6. The number of aromatic carboxylic acids is 1. The number of fused-ring (bicyclic) bond motifs is 3. The van der Waals surface area contributed by atoms with Crippen LogP contribution in [0.1, 0.15) is 21.7 Å². The number of hydrogen-bond donors (Lipinski definition) is 1. The predicted molar refractivity (Wildman–Crippen MR) is 80.4 cm³/mol. The Morgan fingerprint density at radius 3 is 2.86 bits per heavy atom. The second-order valence-corrected chi connectivity index (χ2v) is 6.52. The molecule has 1 aliphatic carbocycles. The summed E-state index contributed by atoms with van der Waals surface area (Å²) in [6.07, 6.45) is 4.86. The van der Waals surface area contributed by atoms with Gasteiger partial charge in [0, 0.05) is 16.8 Å². The van der Waals surface area contributed by atoms with E-state index < -0.39 is 5.97 Å². The largest absolute Gasteiger partial charge is 0.477 e. The van der Waals surface area contributed by atoms with Gasteiger partial charge in [-0.05, 0) is 17.9 Å². The van der Waals surface area contributed by atoms with Crippen molar-refractivity contribution < 1.29 is 14.7 Å². The first-order chi connectivity index (χ1) is 10.1. The summed E-state index contributed by atoms with van der Waals surface area (Å²) < 4.78 is 0.956. The van der Waals surface area contributed by atoms with Gasteiger partial charge >= 0.3 is 5.97 Å². The maximum absolute atomic E-state index is 12.2. The summed E-state index contributed by atoms with van der Waals surface area (Å²) in [6, 6.07) is 7.79. The first-order valence-corrected chi connectivity index (χ1v) is 7.69. The molecule has 0 spiro atoms. The number of hydrogen-bond acceptors (Lipinski definition) is 3. The second-order valence-electron chi connectivity index (χ2n) is 5.47. The van der Waals surface area contributed by atoms with Crippen molar-refractivity contribution in [1.82, 2.24) is 4.90 Å². The van der Waals surface area contributed by atoms with Gasteiger partial charge in [-0.2, -0.15) is 0 Å². The van der Waals surface area contributed by atoms with Crippen molar-refractivity contribution in [1.29, 1.82) is 0 Å². The van der Waals surface area contributed by atoms with Crippen molar-refractivity contribution in [3.63, 3.8) is 0 Å². The second kappa shape index (κ2) is 4.43. The summed E-state index contributed by atoms with van der Waals surface area (Å²) in [4.78, 5) is 25.9. The highest BCUT2D eigenvalue weighted by molar-refractivity contribution is 7.21. The quantitative estimate of drug-likeness (QED) is 0.887. The number of carbonyl (C=O) groups excluding carboxylic acids is 1. The van der Waals surface area contributed by atoms with Crippen LogP contribution in [0.15, 0.2) is 36.4 Å². The molecule has 2 atom stereocenters. The molecule has 1 saturated heterocycles. The molecular formula is C16H13NO3S. The molecule has 2 bridgehead atoms. The molecule has 106 valence electrons. The number of likely N-dealkylation sites (tertiary alicyclic amines) is 1. The highest BCUT2D eigenvalue weighted by Crippen LogP contribution is 2.37. The zero-order valence-corrected chi connectivity index (χ0v) is 12.0. The van der Waals surface area contributed by atoms with Crippen LogP contribution in [-0.4, -0.2) is 27.9 Å². The van der Waals surface area contributed by atoms with Crippen LogP contribution in [0.2, 0.25) is 0 Å². The normalized spacial score (nSPS) is 23.4. The zero-order valence-electron chi connectivity index (χ0n) is 11.2. The van der Waals surface area contributed by atoms with E-state index in [9.17, 15) is 14.7 Å². The summed E-state index contributed by atoms with van der Waals surface area (Å²) in [6.45, 7) is 0.385. The summed E-state index contributed by atoms with van der Waals surface area (Å²) in [5.41, 5.74) is 0.761. The molecule has 2 aromatic rings. The Morgan fingerprint density at radius 2 is 2.14 bits per heavy atom. The number of thiophene rings is 1. The minimum atomic E-state index is -0.918. The molecule has 2 heterocycles. The van der Waals surface area contributed by atoms with E-state index in [1.165, 1.54) is 11.3 Å². The lowest BCUT2D eigenvalue weighted by Gasteiger charge is -2.24. The van der Waals surface area contributed by atoms with Crippen LogP contribution < -0.4 is 0 Å². The standard InChI is InChI=1S/C16H13NO3S/c18-15-9-5-6-10(7-9)17(15)8-12-11-3-1-2-4-13(11)21-14(12)16(19)20/h1-6,9-10H,7-8H2,(H,19,20). The van der Waals surface area contributed by atoms with E-state index in [-0.39, 0.29) is 17.9 Å². The zero-order chi connectivity index (χ0) is 14.6. The van der Waals surface area contributed by atoms with Crippen molar-refractivity contribution in [2.75, 3.05) is 0 Å². The van der Waals surface area contributed by atoms with E-state index in [4.69, 9.17) is 0 Å². The van der Waals surface area contributed by atoms with Gasteiger partial charge in [-0.15, -0.1) is 11.3 Å². The number of rotatable bonds is 3. The molecule has 1 fully saturated rings. The number of amides is 1. The fourth-order valence-electron chi connectivity index (χ4n) is 3.26. The molecule has 1 aromatic carbocycles. The molecule has 2 aliphatic rings. The van der Waals surface area contributed by atoms with Gasteiger partial charge in [0.1, 0.15) is 4.88 Å². The molecule has 1 amide bonds. The number of carbonyl (C=O) groups is 2. The monoisotopic (exact) mass is 299 g/mol. The molecule has 5 heteroatoms. The van der Waals surface area contributed by atoms with E-state index in [2.05, 4.69) is 6.08 Å². The van der Waals surface area contributed by atoms with E-state index in [1.807, 2.05) is 35.2 Å². The number of carboxylic acids is 1. The van der Waals surface area contributed by atoms with Gasteiger partial charge in [0.05, 0.1) is 12.0 Å². The Hall–Kier alpha value is -2.14. The van der Waals surface area contributed by atoms with Gasteiger partial charge in [0.15, 0.2) is 0 Å². The third-order valence-electron chi connectivity index (χ3n) is 4.28. The molecule has 0 radical (unpaired) electrons. The number of benzene rings is 1. The van der Waals surface area contributed by atoms with Crippen molar-refractivity contribution in [2.24, 2.45) is 5.92 Å². The Labute approximate surface area is 125 Å². The van der Waals surface area contributed by atoms with Crippen molar-refractivity contribution in [3.05, 3.63) is 46.9 Å². The highest BCUT2D eigenvalue weighted by Gasteiger charge is 2.41. The summed E-state index contributed by atoms with van der Waals surface area (Å²) in [5, 5.41) is 10.4. The van der Waals surface area contributed by atoms with Crippen LogP contribution >= 0.6 is 11.3 Å². The topological polar surface area (TPSA) is 57.6 Å². The molecule has 1 aliphatic heterocycles. The number of carboxylic acid groups (broad SMARTS) is 1.